The highest BCUT2D eigenvalue weighted by Gasteiger charge is 2.46. The molecule has 4 aliphatic rings. The quantitative estimate of drug-likeness (QED) is 0.140. The third kappa shape index (κ3) is 9.11. The maximum Gasteiger partial charge on any atom is 0.252 e. The molecule has 0 unspecified atom stereocenters. The van der Waals surface area contributed by atoms with Crippen LogP contribution in [0.2, 0.25) is 0 Å². The zero-order valence-corrected chi connectivity index (χ0v) is 56.1. The van der Waals surface area contributed by atoms with Crippen molar-refractivity contribution < 1.29 is 0 Å². The van der Waals surface area contributed by atoms with Gasteiger partial charge in [0.2, 0.25) is 0 Å². The van der Waals surface area contributed by atoms with Crippen molar-refractivity contribution >= 4 is 74.3 Å². The van der Waals surface area contributed by atoms with E-state index in [1.165, 1.54) is 134 Å². The minimum atomic E-state index is -0.165. The van der Waals surface area contributed by atoms with Gasteiger partial charge in [0, 0.05) is 56.3 Å². The lowest BCUT2D eigenvalue weighted by molar-refractivity contribution is 0.506. The molecule has 10 aromatic carbocycles. The molecule has 0 spiro atoms. The lowest BCUT2D eigenvalue weighted by Crippen LogP contribution is -2.61. The molecule has 10 aromatic rings. The van der Waals surface area contributed by atoms with E-state index in [1.54, 1.807) is 0 Å². The Kier molecular flexibility index (Phi) is 13.2. The molecule has 3 nitrogen and oxygen atoms in total. The summed E-state index contributed by atoms with van der Waals surface area (Å²) in [6.45, 7) is 42.4. The van der Waals surface area contributed by atoms with Crippen molar-refractivity contribution in [2.24, 2.45) is 0 Å². The van der Waals surface area contributed by atoms with Crippen LogP contribution in [0, 0.1) is 13.8 Å². The summed E-state index contributed by atoms with van der Waals surface area (Å²) in [5.41, 5.74) is 35.5. The fraction of sp³-hybridized carbons (Fsp3) is 0.294. The largest absolute Gasteiger partial charge is 0.311 e. The monoisotopic (exact) mass is 1160 g/mol. The van der Waals surface area contributed by atoms with Gasteiger partial charge in [-0.25, -0.2) is 0 Å². The van der Waals surface area contributed by atoms with Gasteiger partial charge >= 0.3 is 0 Å². The van der Waals surface area contributed by atoms with Crippen molar-refractivity contribution in [3.05, 3.63) is 250 Å². The van der Waals surface area contributed by atoms with E-state index < -0.39 is 0 Å². The standard InChI is InChI=1S/C85H88BN3/c1-19-83(13,14)58-48-75-78-76(49-58)89(79-52(2)45-54(46-53(79)3)63-27-24-30-69-77(63)66-26-21-23-29-68(66)84(69,15)16)73-47-57(82(10,11)12)35-43-71(73)86(78)72-44-41-62(51-74(72)88(75)60-38-33-56(34-39-60)81(7,8)9)87(59-36-31-55(32-37-59)80(4,5)6)61-40-42-65-64-25-20-22-28-67(64)85(17,18)70(65)50-61/h20-51H,19H2,1-18H3. The van der Waals surface area contributed by atoms with E-state index in [4.69, 9.17) is 0 Å². The molecule has 0 aromatic heterocycles. The summed E-state index contributed by atoms with van der Waals surface area (Å²) in [4.78, 5) is 7.87. The van der Waals surface area contributed by atoms with Gasteiger partial charge in [-0.15, -0.1) is 0 Å². The van der Waals surface area contributed by atoms with Gasteiger partial charge in [0.1, 0.15) is 0 Å². The number of hydrogen-bond donors (Lipinski definition) is 0. The molecule has 2 heterocycles. The molecule has 446 valence electrons. The van der Waals surface area contributed by atoms with Gasteiger partial charge in [-0.1, -0.05) is 226 Å². The van der Waals surface area contributed by atoms with Crippen LogP contribution in [-0.4, -0.2) is 6.71 Å². The van der Waals surface area contributed by atoms with Crippen LogP contribution in [0.25, 0.3) is 33.4 Å². The lowest BCUT2D eigenvalue weighted by Gasteiger charge is -2.46. The van der Waals surface area contributed by atoms with E-state index in [1.807, 2.05) is 0 Å². The summed E-state index contributed by atoms with van der Waals surface area (Å²) in [5.74, 6) is 0. The van der Waals surface area contributed by atoms with Crippen molar-refractivity contribution in [1.29, 1.82) is 0 Å². The van der Waals surface area contributed by atoms with Crippen LogP contribution >= 0.6 is 0 Å². The molecule has 2 aliphatic heterocycles. The predicted molar refractivity (Wildman–Crippen MR) is 385 cm³/mol. The number of rotatable bonds is 8. The topological polar surface area (TPSA) is 9.72 Å². The Bertz CT molecular complexity index is 4510. The second kappa shape index (κ2) is 20.1. The van der Waals surface area contributed by atoms with E-state index >= 15 is 0 Å². The van der Waals surface area contributed by atoms with Crippen LogP contribution < -0.4 is 31.1 Å². The third-order valence-corrected chi connectivity index (χ3v) is 21.3. The summed E-state index contributed by atoms with van der Waals surface area (Å²) in [5, 5.41) is 0. The van der Waals surface area contributed by atoms with Crippen LogP contribution in [0.15, 0.2) is 194 Å². The van der Waals surface area contributed by atoms with Crippen LogP contribution in [-0.2, 0) is 32.5 Å². The second-order valence-corrected chi connectivity index (χ2v) is 31.2. The smallest absolute Gasteiger partial charge is 0.252 e. The normalized spacial score (nSPS) is 15.0. The second-order valence-electron chi connectivity index (χ2n) is 31.2. The Balaban J connectivity index is 1.03. The number of benzene rings is 10. The summed E-state index contributed by atoms with van der Waals surface area (Å²) < 4.78 is 0. The highest BCUT2D eigenvalue weighted by atomic mass is 15.2. The van der Waals surface area contributed by atoms with Crippen molar-refractivity contribution in [3.63, 3.8) is 0 Å². The number of nitrogens with zero attached hydrogens (tertiary/aromatic N) is 3. The number of aryl methyl sites for hydroxylation is 2. The minimum absolute atomic E-state index is 0.00669. The van der Waals surface area contributed by atoms with Crippen LogP contribution in [0.3, 0.4) is 0 Å². The third-order valence-electron chi connectivity index (χ3n) is 21.3. The molecule has 0 saturated carbocycles. The first-order valence-corrected chi connectivity index (χ1v) is 32.8. The van der Waals surface area contributed by atoms with Crippen molar-refractivity contribution in [1.82, 2.24) is 0 Å². The molecule has 89 heavy (non-hydrogen) atoms. The maximum absolute atomic E-state index is 2.70. The molecule has 0 fully saturated rings. The maximum atomic E-state index is 2.70. The molecule has 0 radical (unpaired) electrons. The Morgan fingerprint density at radius 2 is 0.854 bits per heavy atom. The van der Waals surface area contributed by atoms with Crippen molar-refractivity contribution in [2.75, 3.05) is 14.7 Å². The van der Waals surface area contributed by atoms with E-state index in [9.17, 15) is 0 Å². The average Bonchev–Trinajstić information content (AvgIpc) is 1.49. The summed E-state index contributed by atoms with van der Waals surface area (Å²) in [6.07, 6.45) is 0.986. The van der Waals surface area contributed by atoms with Crippen LogP contribution in [0.5, 0.6) is 0 Å². The lowest BCUT2D eigenvalue weighted by atomic mass is 9.33. The molecule has 2 aliphatic carbocycles. The summed E-state index contributed by atoms with van der Waals surface area (Å²) >= 11 is 0. The average molecular weight is 1160 g/mol. The highest BCUT2D eigenvalue weighted by molar-refractivity contribution is 7.00. The fourth-order valence-electron chi connectivity index (χ4n) is 15.7. The van der Waals surface area contributed by atoms with Gasteiger partial charge in [0.05, 0.1) is 5.69 Å². The molecular formula is C85H88BN3. The van der Waals surface area contributed by atoms with Crippen molar-refractivity contribution in [3.8, 4) is 33.4 Å². The van der Waals surface area contributed by atoms with E-state index in [0.717, 1.165) is 29.2 Å². The van der Waals surface area contributed by atoms with Gasteiger partial charge in [-0.2, -0.15) is 0 Å². The molecule has 4 heteroatoms. The highest BCUT2D eigenvalue weighted by Crippen LogP contribution is 2.56. The zero-order valence-electron chi connectivity index (χ0n) is 56.1. The number of fused-ring (bicyclic) bond motifs is 10. The summed E-state index contributed by atoms with van der Waals surface area (Å²) in [7, 11) is 0. The summed E-state index contributed by atoms with van der Waals surface area (Å²) in [6, 6.07) is 76.2. The molecule has 0 N–H and O–H groups in total. The molecular weight excluding hydrogens is 1070 g/mol. The van der Waals surface area contributed by atoms with E-state index in [-0.39, 0.29) is 39.2 Å². The van der Waals surface area contributed by atoms with Gasteiger partial charge in [0.25, 0.3) is 6.71 Å². The van der Waals surface area contributed by atoms with Gasteiger partial charge in [-0.3, -0.25) is 0 Å². The van der Waals surface area contributed by atoms with Gasteiger partial charge in [0.15, 0.2) is 0 Å². The van der Waals surface area contributed by atoms with Gasteiger partial charge in [-0.05, 0) is 226 Å². The Morgan fingerprint density at radius 3 is 1.47 bits per heavy atom. The van der Waals surface area contributed by atoms with E-state index in [2.05, 4.69) is 333 Å². The van der Waals surface area contributed by atoms with Crippen LogP contribution in [0.1, 0.15) is 173 Å². The van der Waals surface area contributed by atoms with Gasteiger partial charge < -0.3 is 14.7 Å². The first-order chi connectivity index (χ1) is 42.1. The Labute approximate surface area is 532 Å². The molecule has 0 saturated heterocycles. The molecule has 14 rings (SSSR count). The predicted octanol–water partition coefficient (Wildman–Crippen LogP) is 21.7. The number of anilines is 9. The SMILES string of the molecule is CCC(C)(C)c1cc2c3c(c1)N(c1c(C)cc(-c4cccc5c4-c4ccccc4C5(C)C)cc1C)c1cc(C(C)(C)C)ccc1B3c1ccc(N(c3ccc(C(C)(C)C)cc3)c3ccc4c(c3)C(C)(C)c3ccccc3-4)cc1N2c1ccc(C(C)(C)C)cc1. The van der Waals surface area contributed by atoms with E-state index in [0.29, 0.717) is 0 Å². The van der Waals surface area contributed by atoms with Crippen LogP contribution in [0.4, 0.5) is 51.2 Å². The van der Waals surface area contributed by atoms with Crippen molar-refractivity contribution in [2.45, 2.75) is 164 Å². The Morgan fingerprint density at radius 1 is 0.393 bits per heavy atom. The number of hydrogen-bond acceptors (Lipinski definition) is 3. The Hall–Kier alpha value is -8.34. The fourth-order valence-corrected chi connectivity index (χ4v) is 15.7. The first-order valence-electron chi connectivity index (χ1n) is 32.8. The molecule has 0 amide bonds. The molecule has 0 bridgehead atoms. The zero-order chi connectivity index (χ0) is 62.8. The minimum Gasteiger partial charge on any atom is -0.311 e. The first kappa shape index (κ1) is 58.4. The molecule has 0 atom stereocenters.